The van der Waals surface area contributed by atoms with Crippen LogP contribution in [0.5, 0.6) is 0 Å². The average molecular weight is 361 g/mol. The van der Waals surface area contributed by atoms with Crippen LogP contribution in [0.25, 0.3) is 0 Å². The molecule has 0 aliphatic carbocycles. The van der Waals surface area contributed by atoms with Crippen LogP contribution in [-0.2, 0) is 15.8 Å². The second-order valence-electron chi connectivity index (χ2n) is 5.61. The van der Waals surface area contributed by atoms with Crippen molar-refractivity contribution in [1.29, 1.82) is 0 Å². The van der Waals surface area contributed by atoms with Crippen molar-refractivity contribution in [2.45, 2.75) is 45.2 Å². The van der Waals surface area contributed by atoms with Gasteiger partial charge in [-0.2, -0.15) is 13.2 Å². The maximum absolute atomic E-state index is 12.7. The summed E-state index contributed by atoms with van der Waals surface area (Å²) in [5.41, 5.74) is -0.448. The highest BCUT2D eigenvalue weighted by atomic mass is 19.4. The van der Waals surface area contributed by atoms with E-state index in [-0.39, 0.29) is 30.4 Å². The number of halogens is 3. The number of carboxylic acids is 1. The number of anilines is 1. The van der Waals surface area contributed by atoms with Crippen LogP contribution in [0.3, 0.4) is 0 Å². The molecule has 0 unspecified atom stereocenters. The number of rotatable bonds is 10. The molecule has 0 aliphatic rings. The molecule has 9 heteroatoms. The van der Waals surface area contributed by atoms with E-state index in [0.29, 0.717) is 25.8 Å². The van der Waals surface area contributed by atoms with E-state index in [2.05, 4.69) is 15.6 Å². The van der Waals surface area contributed by atoms with Gasteiger partial charge in [-0.1, -0.05) is 6.42 Å². The lowest BCUT2D eigenvalue weighted by molar-refractivity contribution is -0.138. The first kappa shape index (κ1) is 20.7. The first-order valence-corrected chi connectivity index (χ1v) is 7.96. The molecule has 0 aromatic carbocycles. The summed E-state index contributed by atoms with van der Waals surface area (Å²) in [6.07, 6.45) is -2.20. The van der Waals surface area contributed by atoms with Crippen molar-refractivity contribution in [3.8, 4) is 0 Å². The smallest absolute Gasteiger partial charge is 0.416 e. The third-order valence-corrected chi connectivity index (χ3v) is 3.33. The number of carbonyl (C=O) groups is 2. The molecule has 1 aromatic heterocycles. The van der Waals surface area contributed by atoms with Crippen LogP contribution in [0.1, 0.15) is 43.4 Å². The molecule has 0 saturated heterocycles. The molecule has 3 N–H and O–H groups in total. The highest BCUT2D eigenvalue weighted by Gasteiger charge is 2.31. The number of alkyl halides is 3. The summed E-state index contributed by atoms with van der Waals surface area (Å²) in [5, 5.41) is 13.8. The summed E-state index contributed by atoms with van der Waals surface area (Å²) in [4.78, 5) is 25.7. The maximum atomic E-state index is 12.7. The molecule has 140 valence electrons. The van der Waals surface area contributed by atoms with Gasteiger partial charge in [-0.15, -0.1) is 0 Å². The van der Waals surface area contributed by atoms with Gasteiger partial charge >= 0.3 is 12.1 Å². The Kier molecular flexibility index (Phi) is 8.17. The third-order valence-electron chi connectivity index (χ3n) is 3.33. The number of carboxylic acid groups (broad SMARTS) is 1. The van der Waals surface area contributed by atoms with Gasteiger partial charge in [0.05, 0.1) is 12.0 Å². The number of carbonyl (C=O) groups excluding carboxylic acids is 1. The van der Waals surface area contributed by atoms with Crippen molar-refractivity contribution in [2.24, 2.45) is 0 Å². The summed E-state index contributed by atoms with van der Waals surface area (Å²) in [6.45, 7) is 2.06. The zero-order valence-electron chi connectivity index (χ0n) is 13.9. The normalized spacial score (nSPS) is 11.2. The van der Waals surface area contributed by atoms with E-state index in [1.165, 1.54) is 6.92 Å². The van der Waals surface area contributed by atoms with Crippen molar-refractivity contribution in [3.63, 3.8) is 0 Å². The number of pyridine rings is 1. The molecule has 0 spiro atoms. The van der Waals surface area contributed by atoms with Crippen molar-refractivity contribution in [1.82, 2.24) is 10.3 Å². The monoisotopic (exact) mass is 361 g/mol. The number of aliphatic carboxylic acids is 1. The van der Waals surface area contributed by atoms with E-state index in [4.69, 9.17) is 5.11 Å². The first-order valence-electron chi connectivity index (χ1n) is 7.96. The van der Waals surface area contributed by atoms with Crippen LogP contribution in [0.15, 0.2) is 12.1 Å². The largest absolute Gasteiger partial charge is 0.481 e. The van der Waals surface area contributed by atoms with E-state index in [1.807, 2.05) is 0 Å². The average Bonchev–Trinajstić information content (AvgIpc) is 2.49. The highest BCUT2D eigenvalue weighted by molar-refractivity contribution is 5.76. The molecule has 0 radical (unpaired) electrons. The lowest BCUT2D eigenvalue weighted by Crippen LogP contribution is -2.25. The molecule has 0 fully saturated rings. The van der Waals surface area contributed by atoms with Crippen LogP contribution < -0.4 is 10.6 Å². The standard InChI is InChI=1S/C16H22F3N3O3/c1-11-9-12(16(17,18)19)10-13(22-11)20-7-4-2-3-5-14(23)21-8-6-15(24)25/h9-10H,2-8H2,1H3,(H,20,22)(H,21,23)(H,24,25). The predicted octanol–water partition coefficient (Wildman–Crippen LogP) is 2.97. The molecule has 25 heavy (non-hydrogen) atoms. The van der Waals surface area contributed by atoms with Gasteiger partial charge in [0.1, 0.15) is 5.82 Å². The number of aromatic nitrogens is 1. The Hall–Kier alpha value is -2.32. The fourth-order valence-electron chi connectivity index (χ4n) is 2.12. The van der Waals surface area contributed by atoms with Crippen molar-refractivity contribution >= 4 is 17.7 Å². The lowest BCUT2D eigenvalue weighted by Gasteiger charge is -2.11. The number of hydrogen-bond acceptors (Lipinski definition) is 4. The molecule has 1 aromatic rings. The molecule has 0 saturated carbocycles. The van der Waals surface area contributed by atoms with Gasteiger partial charge in [0, 0.05) is 25.2 Å². The summed E-state index contributed by atoms with van der Waals surface area (Å²) in [6, 6.07) is 1.97. The van der Waals surface area contributed by atoms with Gasteiger partial charge < -0.3 is 15.7 Å². The van der Waals surface area contributed by atoms with E-state index in [0.717, 1.165) is 18.6 Å². The Morgan fingerprint density at radius 1 is 1.12 bits per heavy atom. The van der Waals surface area contributed by atoms with Crippen LogP contribution >= 0.6 is 0 Å². The zero-order valence-corrected chi connectivity index (χ0v) is 13.9. The minimum absolute atomic E-state index is 0.107. The SMILES string of the molecule is Cc1cc(C(F)(F)F)cc(NCCCCCC(=O)NCCC(=O)O)n1. The fourth-order valence-corrected chi connectivity index (χ4v) is 2.12. The van der Waals surface area contributed by atoms with Gasteiger partial charge in [-0.05, 0) is 31.9 Å². The van der Waals surface area contributed by atoms with Crippen LogP contribution in [0, 0.1) is 6.92 Å². The van der Waals surface area contributed by atoms with E-state index in [1.54, 1.807) is 0 Å². The van der Waals surface area contributed by atoms with Gasteiger partial charge in [0.2, 0.25) is 5.91 Å². The van der Waals surface area contributed by atoms with Gasteiger partial charge in [-0.25, -0.2) is 4.98 Å². The summed E-state index contributed by atoms with van der Waals surface area (Å²) < 4.78 is 38.2. The lowest BCUT2D eigenvalue weighted by atomic mass is 10.2. The maximum Gasteiger partial charge on any atom is 0.416 e. The second kappa shape index (κ2) is 9.85. The van der Waals surface area contributed by atoms with Gasteiger partial charge in [0.25, 0.3) is 0 Å². The minimum Gasteiger partial charge on any atom is -0.481 e. The predicted molar refractivity (Wildman–Crippen MR) is 86.2 cm³/mol. The van der Waals surface area contributed by atoms with Crippen molar-refractivity contribution < 1.29 is 27.9 Å². The Morgan fingerprint density at radius 3 is 2.48 bits per heavy atom. The summed E-state index contributed by atoms with van der Waals surface area (Å²) in [5.74, 6) is -0.993. The third kappa shape index (κ3) is 8.92. The molecule has 0 bridgehead atoms. The van der Waals surface area contributed by atoms with Gasteiger partial charge in [0.15, 0.2) is 0 Å². The second-order valence-corrected chi connectivity index (χ2v) is 5.61. The van der Waals surface area contributed by atoms with E-state index in [9.17, 15) is 22.8 Å². The fraction of sp³-hybridized carbons (Fsp3) is 0.562. The van der Waals surface area contributed by atoms with Crippen LogP contribution in [0.4, 0.5) is 19.0 Å². The molecule has 1 rings (SSSR count). The first-order chi connectivity index (χ1) is 11.7. The Bertz CT molecular complexity index is 592. The van der Waals surface area contributed by atoms with E-state index < -0.39 is 17.7 Å². The summed E-state index contributed by atoms with van der Waals surface area (Å²) >= 11 is 0. The minimum atomic E-state index is -4.40. The van der Waals surface area contributed by atoms with Crippen LogP contribution in [-0.4, -0.2) is 35.1 Å². The van der Waals surface area contributed by atoms with E-state index >= 15 is 0 Å². The number of amides is 1. The van der Waals surface area contributed by atoms with Gasteiger partial charge in [-0.3, -0.25) is 9.59 Å². The highest BCUT2D eigenvalue weighted by Crippen LogP contribution is 2.30. The topological polar surface area (TPSA) is 91.3 Å². The zero-order chi connectivity index (χ0) is 18.9. The molecular weight excluding hydrogens is 339 g/mol. The molecular formula is C16H22F3N3O3. The molecule has 1 heterocycles. The summed E-state index contributed by atoms with van der Waals surface area (Å²) in [7, 11) is 0. The van der Waals surface area contributed by atoms with Crippen LogP contribution in [0.2, 0.25) is 0 Å². The number of unbranched alkanes of at least 4 members (excludes halogenated alkanes) is 2. The molecule has 1 amide bonds. The number of aryl methyl sites for hydroxylation is 1. The molecule has 0 atom stereocenters. The Labute approximate surface area is 143 Å². The number of nitrogens with zero attached hydrogens (tertiary/aromatic N) is 1. The Morgan fingerprint density at radius 2 is 1.84 bits per heavy atom. The molecule has 6 nitrogen and oxygen atoms in total. The molecule has 0 aliphatic heterocycles. The quantitative estimate of drug-likeness (QED) is 0.557. The Balaban J connectivity index is 2.23. The van der Waals surface area contributed by atoms with Crippen molar-refractivity contribution in [2.75, 3.05) is 18.4 Å². The number of nitrogens with one attached hydrogen (secondary N) is 2. The van der Waals surface area contributed by atoms with Crippen molar-refractivity contribution in [3.05, 3.63) is 23.4 Å². The number of hydrogen-bond donors (Lipinski definition) is 3.